The average Bonchev–Trinajstić information content (AvgIpc) is 2.84. The molecule has 196 valence electrons. The molecule has 0 radical (unpaired) electrons. The Kier molecular flexibility index (Phi) is 11.0. The van der Waals surface area contributed by atoms with E-state index in [4.69, 9.17) is 22.1 Å². The van der Waals surface area contributed by atoms with Crippen LogP contribution in [0.5, 0.6) is 0 Å². The molecule has 4 N–H and O–H groups in total. The van der Waals surface area contributed by atoms with Crippen molar-refractivity contribution < 1.29 is 32.3 Å². The quantitative estimate of drug-likeness (QED) is 0.385. The summed E-state index contributed by atoms with van der Waals surface area (Å²) in [6, 6.07) is 10.9. The maximum absolute atomic E-state index is 12.8. The maximum atomic E-state index is 12.8. The summed E-state index contributed by atoms with van der Waals surface area (Å²) in [7, 11) is 1.56. The van der Waals surface area contributed by atoms with E-state index < -0.39 is 23.7 Å². The largest absolute Gasteiger partial charge is 0.449 e. The van der Waals surface area contributed by atoms with Crippen molar-refractivity contribution in [2.75, 3.05) is 38.6 Å². The van der Waals surface area contributed by atoms with Crippen LogP contribution in [0.4, 0.5) is 23.7 Å². The van der Waals surface area contributed by atoms with Crippen LogP contribution < -0.4 is 16.5 Å². The lowest BCUT2D eigenvalue weighted by molar-refractivity contribution is -0.137. The number of nitrogens with two attached hydrogens (primary N) is 1. The fourth-order valence-corrected chi connectivity index (χ4v) is 3.11. The van der Waals surface area contributed by atoms with Crippen molar-refractivity contribution in [1.82, 2.24) is 15.3 Å². The van der Waals surface area contributed by atoms with Gasteiger partial charge in [0.1, 0.15) is 6.61 Å². The van der Waals surface area contributed by atoms with Crippen LogP contribution in [-0.2, 0) is 27.0 Å². The Labute approximate surface area is 211 Å². The van der Waals surface area contributed by atoms with E-state index in [0.29, 0.717) is 5.02 Å². The molecule has 0 spiro atoms. The first kappa shape index (κ1) is 28.9. The average molecular weight is 530 g/mol. The van der Waals surface area contributed by atoms with Gasteiger partial charge in [-0.1, -0.05) is 29.8 Å². The molecule has 36 heavy (non-hydrogen) atoms. The summed E-state index contributed by atoms with van der Waals surface area (Å²) < 4.78 is 42.9. The van der Waals surface area contributed by atoms with E-state index in [0.717, 1.165) is 29.8 Å². The molecule has 2 rings (SSSR count). The minimum atomic E-state index is -4.49. The molecule has 0 unspecified atom stereocenters. The van der Waals surface area contributed by atoms with Crippen molar-refractivity contribution in [2.24, 2.45) is 5.73 Å². The summed E-state index contributed by atoms with van der Waals surface area (Å²) in [5.74, 6) is -0.713. The number of nitrogens with one attached hydrogen (secondary N) is 2. The van der Waals surface area contributed by atoms with Crippen molar-refractivity contribution in [1.29, 1.82) is 0 Å². The van der Waals surface area contributed by atoms with Gasteiger partial charge in [-0.05, 0) is 35.9 Å². The van der Waals surface area contributed by atoms with Gasteiger partial charge in [-0.15, -0.1) is 0 Å². The van der Waals surface area contributed by atoms with Crippen molar-refractivity contribution in [2.45, 2.75) is 19.1 Å². The van der Waals surface area contributed by atoms with E-state index in [1.54, 1.807) is 31.3 Å². The lowest BCUT2D eigenvalue weighted by atomic mass is 10.2. The smallest absolute Gasteiger partial charge is 0.416 e. The molecular weight excluding hydrogens is 503 g/mol. The molecule has 9 nitrogen and oxygen atoms in total. The summed E-state index contributed by atoms with van der Waals surface area (Å²) in [4.78, 5) is 37.8. The van der Waals surface area contributed by atoms with Crippen molar-refractivity contribution >= 4 is 35.2 Å². The first-order valence-electron chi connectivity index (χ1n) is 10.8. The third-order valence-corrected chi connectivity index (χ3v) is 5.36. The van der Waals surface area contributed by atoms with Crippen molar-refractivity contribution in [3.63, 3.8) is 0 Å². The van der Waals surface area contributed by atoms with Crippen LogP contribution in [0.2, 0.25) is 5.02 Å². The standard InChI is InChI=1S/C23H27ClF3N5O4/c1-31(21(34)14-28)11-12-32(29-15-16-4-2-3-5-19(16)24)20(33)10-13-36-22(35)30-18-8-6-17(7-9-18)23(25,26)27/h2-9,29H,10-15,28H2,1H3,(H,30,35). The van der Waals surface area contributed by atoms with Crippen LogP contribution in [0.1, 0.15) is 17.5 Å². The Morgan fingerprint density at radius 3 is 2.31 bits per heavy atom. The van der Waals surface area contributed by atoms with E-state index in [1.165, 1.54) is 9.91 Å². The second kappa shape index (κ2) is 13.7. The minimum Gasteiger partial charge on any atom is -0.449 e. The fraction of sp³-hybridized carbons (Fsp3) is 0.348. The number of alkyl halides is 3. The van der Waals surface area contributed by atoms with Gasteiger partial charge in [-0.3, -0.25) is 19.9 Å². The first-order valence-corrected chi connectivity index (χ1v) is 11.2. The summed E-state index contributed by atoms with van der Waals surface area (Å²) in [5, 5.41) is 4.10. The van der Waals surface area contributed by atoms with E-state index in [1.807, 2.05) is 0 Å². The van der Waals surface area contributed by atoms with E-state index in [2.05, 4.69) is 10.7 Å². The number of nitrogens with zero attached hydrogens (tertiary/aromatic N) is 2. The SMILES string of the molecule is CN(CCN(NCc1ccccc1Cl)C(=O)CCOC(=O)Nc1ccc(C(F)(F)F)cc1)C(=O)CN. The first-order chi connectivity index (χ1) is 17.0. The number of carbonyl (C=O) groups is 3. The molecule has 0 saturated heterocycles. The van der Waals surface area contributed by atoms with Gasteiger partial charge in [0, 0.05) is 30.8 Å². The van der Waals surface area contributed by atoms with Crippen LogP contribution in [0.15, 0.2) is 48.5 Å². The van der Waals surface area contributed by atoms with Gasteiger partial charge < -0.3 is 15.4 Å². The summed E-state index contributed by atoms with van der Waals surface area (Å²) in [6.07, 6.45) is -5.60. The third kappa shape index (κ3) is 9.36. The Hall–Kier alpha value is -3.35. The molecule has 0 saturated carbocycles. The van der Waals surface area contributed by atoms with Gasteiger partial charge in [0.05, 0.1) is 25.1 Å². The van der Waals surface area contributed by atoms with Gasteiger partial charge in [0.15, 0.2) is 0 Å². The highest BCUT2D eigenvalue weighted by Gasteiger charge is 2.30. The molecule has 0 aromatic heterocycles. The van der Waals surface area contributed by atoms with Gasteiger partial charge >= 0.3 is 12.3 Å². The fourth-order valence-electron chi connectivity index (χ4n) is 2.91. The number of hydrazine groups is 1. The van der Waals surface area contributed by atoms with Gasteiger partial charge in [0.25, 0.3) is 0 Å². The second-order valence-electron chi connectivity index (χ2n) is 7.58. The molecule has 2 aromatic rings. The number of halogens is 4. The number of ether oxygens (including phenoxy) is 1. The summed E-state index contributed by atoms with van der Waals surface area (Å²) >= 11 is 6.16. The molecule has 0 heterocycles. The van der Waals surface area contributed by atoms with Crippen molar-refractivity contribution in [3.8, 4) is 0 Å². The third-order valence-electron chi connectivity index (χ3n) is 4.99. The number of likely N-dealkylation sites (N-methyl/N-ethyl adjacent to an activating group) is 1. The second-order valence-corrected chi connectivity index (χ2v) is 7.98. The Morgan fingerprint density at radius 1 is 1.03 bits per heavy atom. The number of hydrogen-bond acceptors (Lipinski definition) is 6. The Balaban J connectivity index is 1.89. The van der Waals surface area contributed by atoms with Gasteiger partial charge in [-0.25, -0.2) is 10.2 Å². The predicted molar refractivity (Wildman–Crippen MR) is 128 cm³/mol. The van der Waals surface area contributed by atoms with E-state index >= 15 is 0 Å². The molecule has 0 bridgehead atoms. The molecule has 0 aliphatic rings. The Morgan fingerprint density at radius 2 is 1.69 bits per heavy atom. The maximum Gasteiger partial charge on any atom is 0.416 e. The molecule has 0 fully saturated rings. The minimum absolute atomic E-state index is 0.106. The lowest BCUT2D eigenvalue weighted by Crippen LogP contribution is -2.47. The zero-order valence-electron chi connectivity index (χ0n) is 19.5. The highest BCUT2D eigenvalue weighted by molar-refractivity contribution is 6.31. The number of carbonyl (C=O) groups excluding carboxylic acids is 3. The highest BCUT2D eigenvalue weighted by atomic mass is 35.5. The van der Waals surface area contributed by atoms with Crippen molar-refractivity contribution in [3.05, 3.63) is 64.7 Å². The van der Waals surface area contributed by atoms with Crippen LogP contribution in [0, 0.1) is 0 Å². The van der Waals surface area contributed by atoms with Gasteiger partial charge in [-0.2, -0.15) is 13.2 Å². The number of amides is 3. The Bertz CT molecular complexity index is 1040. The molecule has 13 heteroatoms. The molecule has 3 amide bonds. The highest BCUT2D eigenvalue weighted by Crippen LogP contribution is 2.29. The zero-order valence-corrected chi connectivity index (χ0v) is 20.2. The molecule has 0 atom stereocenters. The van der Waals surface area contributed by atoms with Gasteiger partial charge in [0.2, 0.25) is 11.8 Å². The molecular formula is C23H27ClF3N5O4. The predicted octanol–water partition coefficient (Wildman–Crippen LogP) is 3.25. The number of rotatable bonds is 11. The number of benzene rings is 2. The van der Waals surface area contributed by atoms with E-state index in [-0.39, 0.29) is 50.8 Å². The number of hydrogen-bond donors (Lipinski definition) is 3. The van der Waals surface area contributed by atoms with Crippen LogP contribution in [-0.4, -0.2) is 61.1 Å². The number of anilines is 1. The molecule has 2 aromatic carbocycles. The summed E-state index contributed by atoms with van der Waals surface area (Å²) in [5.41, 5.74) is 8.33. The van der Waals surface area contributed by atoms with Crippen LogP contribution in [0.3, 0.4) is 0 Å². The normalized spacial score (nSPS) is 11.1. The summed E-state index contributed by atoms with van der Waals surface area (Å²) in [6.45, 7) is 0.109. The van der Waals surface area contributed by atoms with Crippen LogP contribution in [0.25, 0.3) is 0 Å². The molecule has 0 aliphatic carbocycles. The molecule has 0 aliphatic heterocycles. The lowest BCUT2D eigenvalue weighted by Gasteiger charge is -2.26. The zero-order chi connectivity index (χ0) is 26.7. The van der Waals surface area contributed by atoms with E-state index in [9.17, 15) is 27.6 Å². The monoisotopic (exact) mass is 529 g/mol. The topological polar surface area (TPSA) is 117 Å². The van der Waals surface area contributed by atoms with Crippen LogP contribution >= 0.6 is 11.6 Å².